The highest BCUT2D eigenvalue weighted by Gasteiger charge is 2.25. The molecule has 9 nitrogen and oxygen atoms in total. The molecule has 2 aromatic rings. The summed E-state index contributed by atoms with van der Waals surface area (Å²) in [6, 6.07) is 4.74. The molecular formula is C16H18N4O5. The quantitative estimate of drug-likeness (QED) is 0.685. The molecular weight excluding hydrogens is 328 g/mol. The molecule has 3 rings (SSSR count). The van der Waals surface area contributed by atoms with Gasteiger partial charge in [0.1, 0.15) is 6.04 Å². The van der Waals surface area contributed by atoms with Crippen molar-refractivity contribution in [1.29, 1.82) is 0 Å². The Bertz CT molecular complexity index is 902. The third-order valence-electron chi connectivity index (χ3n) is 3.83. The van der Waals surface area contributed by atoms with E-state index in [4.69, 9.17) is 9.47 Å². The number of carbonyl (C=O) groups is 1. The smallest absolute Gasteiger partial charge is 0.325 e. The average molecular weight is 346 g/mol. The maximum Gasteiger partial charge on any atom is 0.325 e. The van der Waals surface area contributed by atoms with Crippen LogP contribution in [0, 0.1) is 0 Å². The van der Waals surface area contributed by atoms with Gasteiger partial charge in [0.25, 0.3) is 5.56 Å². The first-order valence-electron chi connectivity index (χ1n) is 7.60. The SMILES string of the molecule is CN(C)[C@H](C(=O)NCc1c[nH]c(=O)[nH]c1=O)c1ccc2c(c1)OCO2. The van der Waals surface area contributed by atoms with Crippen LogP contribution in [0.5, 0.6) is 11.5 Å². The molecule has 25 heavy (non-hydrogen) atoms. The Kier molecular flexibility index (Phi) is 4.57. The van der Waals surface area contributed by atoms with E-state index in [1.54, 1.807) is 37.2 Å². The van der Waals surface area contributed by atoms with E-state index in [1.165, 1.54) is 6.20 Å². The van der Waals surface area contributed by atoms with E-state index in [-0.39, 0.29) is 24.8 Å². The third-order valence-corrected chi connectivity index (χ3v) is 3.83. The van der Waals surface area contributed by atoms with Crippen molar-refractivity contribution in [2.24, 2.45) is 0 Å². The summed E-state index contributed by atoms with van der Waals surface area (Å²) in [7, 11) is 3.56. The highest BCUT2D eigenvalue weighted by Crippen LogP contribution is 2.35. The molecule has 1 aliphatic heterocycles. The minimum Gasteiger partial charge on any atom is -0.454 e. The Hall–Kier alpha value is -3.07. The highest BCUT2D eigenvalue weighted by atomic mass is 16.7. The van der Waals surface area contributed by atoms with E-state index in [9.17, 15) is 14.4 Å². The number of hydrogen-bond acceptors (Lipinski definition) is 6. The predicted molar refractivity (Wildman–Crippen MR) is 88.5 cm³/mol. The molecule has 132 valence electrons. The highest BCUT2D eigenvalue weighted by molar-refractivity contribution is 5.83. The molecule has 0 saturated heterocycles. The molecule has 3 N–H and O–H groups in total. The third kappa shape index (κ3) is 3.56. The molecule has 9 heteroatoms. The van der Waals surface area contributed by atoms with Crippen LogP contribution < -0.4 is 26.0 Å². The molecule has 1 amide bonds. The number of aromatic amines is 2. The molecule has 2 heterocycles. The van der Waals surface area contributed by atoms with Crippen LogP contribution in [0.2, 0.25) is 0 Å². The lowest BCUT2D eigenvalue weighted by atomic mass is 10.0. The van der Waals surface area contributed by atoms with Crippen LogP contribution in [0.1, 0.15) is 17.2 Å². The summed E-state index contributed by atoms with van der Waals surface area (Å²) >= 11 is 0. The summed E-state index contributed by atoms with van der Waals surface area (Å²) in [6.45, 7) is 0.159. The van der Waals surface area contributed by atoms with Crippen molar-refractivity contribution in [3.63, 3.8) is 0 Å². The minimum atomic E-state index is -0.591. The Labute approximate surface area is 142 Å². The molecule has 0 bridgehead atoms. The summed E-state index contributed by atoms with van der Waals surface area (Å²) in [5.41, 5.74) is -0.126. The van der Waals surface area contributed by atoms with Gasteiger partial charge >= 0.3 is 5.69 Å². The molecule has 0 saturated carbocycles. The molecule has 0 aliphatic carbocycles. The summed E-state index contributed by atoms with van der Waals surface area (Å²) < 4.78 is 10.6. The molecule has 1 atom stereocenters. The molecule has 0 spiro atoms. The van der Waals surface area contributed by atoms with Crippen molar-refractivity contribution < 1.29 is 14.3 Å². The largest absolute Gasteiger partial charge is 0.454 e. The second-order valence-corrected chi connectivity index (χ2v) is 5.79. The fourth-order valence-electron chi connectivity index (χ4n) is 2.62. The lowest BCUT2D eigenvalue weighted by Gasteiger charge is -2.24. The fraction of sp³-hybridized carbons (Fsp3) is 0.312. The number of aromatic nitrogens is 2. The van der Waals surface area contributed by atoms with E-state index in [0.717, 1.165) is 5.56 Å². The zero-order valence-electron chi connectivity index (χ0n) is 13.8. The monoisotopic (exact) mass is 346 g/mol. The maximum atomic E-state index is 12.6. The zero-order valence-corrected chi connectivity index (χ0v) is 13.8. The molecule has 0 fully saturated rings. The number of rotatable bonds is 5. The van der Waals surface area contributed by atoms with Gasteiger partial charge in [-0.2, -0.15) is 0 Å². The van der Waals surface area contributed by atoms with Crippen LogP contribution in [-0.2, 0) is 11.3 Å². The van der Waals surface area contributed by atoms with Crippen molar-refractivity contribution in [2.75, 3.05) is 20.9 Å². The number of nitrogens with zero attached hydrogens (tertiary/aromatic N) is 1. The van der Waals surface area contributed by atoms with Crippen LogP contribution in [-0.4, -0.2) is 41.7 Å². The van der Waals surface area contributed by atoms with E-state index >= 15 is 0 Å². The van der Waals surface area contributed by atoms with Gasteiger partial charge in [0.05, 0.1) is 5.56 Å². The summed E-state index contributed by atoms with van der Waals surface area (Å²) in [5.74, 6) is 0.949. The van der Waals surface area contributed by atoms with Crippen LogP contribution in [0.25, 0.3) is 0 Å². The Morgan fingerprint density at radius 1 is 1.28 bits per heavy atom. The van der Waals surface area contributed by atoms with Gasteiger partial charge in [0.2, 0.25) is 12.7 Å². The van der Waals surface area contributed by atoms with E-state index in [1.807, 2.05) is 0 Å². The van der Waals surface area contributed by atoms with Crippen LogP contribution in [0.15, 0.2) is 34.0 Å². The van der Waals surface area contributed by atoms with Gasteiger partial charge in [-0.1, -0.05) is 6.07 Å². The maximum absolute atomic E-state index is 12.6. The normalized spacial score (nSPS) is 13.7. The van der Waals surface area contributed by atoms with Crippen LogP contribution in [0.4, 0.5) is 0 Å². The number of likely N-dealkylation sites (N-methyl/N-ethyl adjacent to an activating group) is 1. The number of fused-ring (bicyclic) bond motifs is 1. The van der Waals surface area contributed by atoms with Crippen molar-refractivity contribution in [3.8, 4) is 11.5 Å². The van der Waals surface area contributed by atoms with Crippen LogP contribution in [0.3, 0.4) is 0 Å². The second-order valence-electron chi connectivity index (χ2n) is 5.79. The first kappa shape index (κ1) is 16.8. The van der Waals surface area contributed by atoms with Gasteiger partial charge in [0, 0.05) is 12.7 Å². The molecule has 1 aliphatic rings. The molecule has 0 unspecified atom stereocenters. The number of nitrogens with one attached hydrogen (secondary N) is 3. The number of H-pyrrole nitrogens is 2. The number of hydrogen-bond donors (Lipinski definition) is 3. The van der Waals surface area contributed by atoms with Gasteiger partial charge in [-0.3, -0.25) is 19.5 Å². The van der Waals surface area contributed by atoms with Gasteiger partial charge in [-0.25, -0.2) is 4.79 Å². The minimum absolute atomic E-state index is 0.000160. The molecule has 1 aromatic carbocycles. The first-order chi connectivity index (χ1) is 12.0. The Morgan fingerprint density at radius 2 is 2.04 bits per heavy atom. The topological polar surface area (TPSA) is 117 Å². The van der Waals surface area contributed by atoms with Gasteiger partial charge in [-0.15, -0.1) is 0 Å². The lowest BCUT2D eigenvalue weighted by Crippen LogP contribution is -2.38. The van der Waals surface area contributed by atoms with Gasteiger partial charge in [0.15, 0.2) is 11.5 Å². The summed E-state index contributed by atoms with van der Waals surface area (Å²) in [4.78, 5) is 41.6. The molecule has 0 radical (unpaired) electrons. The summed E-state index contributed by atoms with van der Waals surface area (Å²) in [6.07, 6.45) is 1.28. The van der Waals surface area contributed by atoms with Crippen LogP contribution >= 0.6 is 0 Å². The zero-order chi connectivity index (χ0) is 18.0. The van der Waals surface area contributed by atoms with Gasteiger partial charge in [-0.05, 0) is 31.8 Å². The van der Waals surface area contributed by atoms with E-state index in [0.29, 0.717) is 11.5 Å². The Balaban J connectivity index is 1.77. The second kappa shape index (κ2) is 6.81. The van der Waals surface area contributed by atoms with E-state index in [2.05, 4.69) is 15.3 Å². The first-order valence-corrected chi connectivity index (χ1v) is 7.60. The summed E-state index contributed by atoms with van der Waals surface area (Å²) in [5, 5.41) is 2.71. The lowest BCUT2D eigenvalue weighted by molar-refractivity contribution is -0.125. The van der Waals surface area contributed by atoms with Crippen molar-refractivity contribution in [2.45, 2.75) is 12.6 Å². The van der Waals surface area contributed by atoms with Crippen molar-refractivity contribution in [3.05, 3.63) is 56.4 Å². The van der Waals surface area contributed by atoms with Gasteiger partial charge < -0.3 is 19.8 Å². The van der Waals surface area contributed by atoms with Crippen molar-refractivity contribution in [1.82, 2.24) is 20.2 Å². The average Bonchev–Trinajstić information content (AvgIpc) is 3.01. The fourth-order valence-corrected chi connectivity index (χ4v) is 2.62. The standard InChI is InChI=1S/C16H18N4O5/c1-20(2)13(9-3-4-11-12(5-9)25-8-24-11)15(22)17-6-10-7-18-16(23)19-14(10)21/h3-5,7,13H,6,8H2,1-2H3,(H,17,22)(H2,18,19,21,23)/t13-/m0/s1. The number of ether oxygens (including phenoxy) is 2. The van der Waals surface area contributed by atoms with Crippen molar-refractivity contribution >= 4 is 5.91 Å². The van der Waals surface area contributed by atoms with E-state index < -0.39 is 17.3 Å². The molecule has 1 aromatic heterocycles. The number of benzene rings is 1. The predicted octanol–water partition coefficient (Wildman–Crippen LogP) is -0.289. The Morgan fingerprint density at radius 3 is 2.76 bits per heavy atom. The number of amides is 1. The number of carbonyl (C=O) groups excluding carboxylic acids is 1.